The molecule has 0 bridgehead atoms. The standard InChI is InChI=1S/C12H11Cl3O2/c13-7-4-9(14)12(10(15)5-7)11(16)6-8-2-1-3-17-8/h4-5,8H,1-3,6H2. The maximum absolute atomic E-state index is 12.1. The van der Waals surface area contributed by atoms with Gasteiger partial charge in [-0.3, -0.25) is 4.79 Å². The highest BCUT2D eigenvalue weighted by Crippen LogP contribution is 2.31. The van der Waals surface area contributed by atoms with Crippen molar-refractivity contribution in [2.45, 2.75) is 25.4 Å². The molecule has 1 aromatic carbocycles. The molecular weight excluding hydrogens is 282 g/mol. The summed E-state index contributed by atoms with van der Waals surface area (Å²) in [6, 6.07) is 3.05. The van der Waals surface area contributed by atoms with Crippen molar-refractivity contribution in [3.05, 3.63) is 32.8 Å². The molecule has 2 nitrogen and oxygen atoms in total. The van der Waals surface area contributed by atoms with Gasteiger partial charge < -0.3 is 4.74 Å². The van der Waals surface area contributed by atoms with Gasteiger partial charge in [0.15, 0.2) is 5.78 Å². The van der Waals surface area contributed by atoms with Gasteiger partial charge in [0.2, 0.25) is 0 Å². The Morgan fingerprint density at radius 2 is 1.94 bits per heavy atom. The van der Waals surface area contributed by atoms with Crippen LogP contribution in [0.1, 0.15) is 29.6 Å². The van der Waals surface area contributed by atoms with Crippen LogP contribution in [0.15, 0.2) is 12.1 Å². The highest BCUT2D eigenvalue weighted by molar-refractivity contribution is 6.42. The minimum Gasteiger partial charge on any atom is -0.378 e. The van der Waals surface area contributed by atoms with Crippen molar-refractivity contribution in [1.29, 1.82) is 0 Å². The van der Waals surface area contributed by atoms with Gasteiger partial charge in [-0.25, -0.2) is 0 Å². The van der Waals surface area contributed by atoms with Gasteiger partial charge in [0.1, 0.15) is 0 Å². The zero-order valence-electron chi connectivity index (χ0n) is 9.01. The molecule has 0 aromatic heterocycles. The third-order valence-electron chi connectivity index (χ3n) is 2.72. The average molecular weight is 294 g/mol. The van der Waals surface area contributed by atoms with E-state index < -0.39 is 0 Å². The Kier molecular flexibility index (Phi) is 4.31. The second-order valence-corrected chi connectivity index (χ2v) is 5.26. The van der Waals surface area contributed by atoms with Crippen LogP contribution in [-0.2, 0) is 4.74 Å². The lowest BCUT2D eigenvalue weighted by Crippen LogP contribution is -2.13. The number of ketones is 1. The quantitative estimate of drug-likeness (QED) is 0.772. The fraction of sp³-hybridized carbons (Fsp3) is 0.417. The maximum atomic E-state index is 12.1. The molecule has 0 N–H and O–H groups in total. The Hall–Kier alpha value is -0.280. The van der Waals surface area contributed by atoms with Crippen molar-refractivity contribution in [2.75, 3.05) is 6.61 Å². The molecule has 1 unspecified atom stereocenters. The molecule has 0 spiro atoms. The van der Waals surface area contributed by atoms with Crippen LogP contribution in [0.3, 0.4) is 0 Å². The number of carbonyl (C=O) groups is 1. The Labute approximate surface area is 115 Å². The summed E-state index contributed by atoms with van der Waals surface area (Å²) < 4.78 is 5.42. The summed E-state index contributed by atoms with van der Waals surface area (Å²) in [4.78, 5) is 12.1. The Morgan fingerprint density at radius 3 is 2.47 bits per heavy atom. The summed E-state index contributed by atoms with van der Waals surface area (Å²) in [6.45, 7) is 0.722. The van der Waals surface area contributed by atoms with E-state index in [1.165, 1.54) is 12.1 Å². The van der Waals surface area contributed by atoms with Gasteiger partial charge in [-0.15, -0.1) is 0 Å². The smallest absolute Gasteiger partial charge is 0.168 e. The molecule has 1 saturated heterocycles. The van der Waals surface area contributed by atoms with Gasteiger partial charge in [-0.05, 0) is 25.0 Å². The van der Waals surface area contributed by atoms with Gasteiger partial charge in [0, 0.05) is 18.1 Å². The fourth-order valence-corrected chi connectivity index (χ4v) is 2.95. The second-order valence-electron chi connectivity index (χ2n) is 4.01. The van der Waals surface area contributed by atoms with Crippen molar-refractivity contribution in [1.82, 2.24) is 0 Å². The summed E-state index contributed by atoms with van der Waals surface area (Å²) in [5.74, 6) is -0.0939. The van der Waals surface area contributed by atoms with E-state index in [2.05, 4.69) is 0 Å². The Balaban J connectivity index is 2.18. The normalized spacial score (nSPS) is 19.6. The number of rotatable bonds is 3. The first kappa shape index (κ1) is 13.2. The van der Waals surface area contributed by atoms with E-state index in [0.29, 0.717) is 27.1 Å². The number of benzene rings is 1. The van der Waals surface area contributed by atoms with Crippen LogP contribution < -0.4 is 0 Å². The summed E-state index contributed by atoms with van der Waals surface area (Å²) >= 11 is 17.8. The Morgan fingerprint density at radius 1 is 1.29 bits per heavy atom. The van der Waals surface area contributed by atoms with Crippen LogP contribution in [0.5, 0.6) is 0 Å². The monoisotopic (exact) mass is 292 g/mol. The van der Waals surface area contributed by atoms with E-state index in [1.807, 2.05) is 0 Å². The fourth-order valence-electron chi connectivity index (χ4n) is 1.92. The Bertz CT molecular complexity index is 416. The minimum atomic E-state index is -0.0939. The van der Waals surface area contributed by atoms with E-state index in [9.17, 15) is 4.79 Å². The second kappa shape index (κ2) is 5.57. The molecule has 0 aliphatic carbocycles. The topological polar surface area (TPSA) is 26.3 Å². The predicted octanol–water partition coefficient (Wildman–Crippen LogP) is 4.40. The molecule has 1 heterocycles. The van der Waals surface area contributed by atoms with Gasteiger partial charge in [0.25, 0.3) is 0 Å². The third-order valence-corrected chi connectivity index (χ3v) is 3.54. The molecular formula is C12H11Cl3O2. The predicted molar refractivity (Wildman–Crippen MR) is 69.4 cm³/mol. The molecule has 1 fully saturated rings. The lowest BCUT2D eigenvalue weighted by molar-refractivity contribution is 0.0776. The first-order chi connectivity index (χ1) is 8.08. The first-order valence-corrected chi connectivity index (χ1v) is 6.50. The third kappa shape index (κ3) is 3.14. The van der Waals surface area contributed by atoms with E-state index in [4.69, 9.17) is 39.5 Å². The van der Waals surface area contributed by atoms with Crippen LogP contribution >= 0.6 is 34.8 Å². The summed E-state index contributed by atoms with van der Waals surface area (Å²) in [5.41, 5.74) is 0.341. The van der Waals surface area contributed by atoms with E-state index in [1.54, 1.807) is 0 Å². The number of hydrogen-bond acceptors (Lipinski definition) is 2. The highest BCUT2D eigenvalue weighted by Gasteiger charge is 2.23. The van der Waals surface area contributed by atoms with Crippen molar-refractivity contribution in [2.24, 2.45) is 0 Å². The van der Waals surface area contributed by atoms with Crippen LogP contribution in [0.2, 0.25) is 15.1 Å². The van der Waals surface area contributed by atoms with Crippen molar-refractivity contribution >= 4 is 40.6 Å². The van der Waals surface area contributed by atoms with Crippen LogP contribution in [0, 0.1) is 0 Å². The molecule has 1 aliphatic heterocycles. The number of hydrogen-bond donors (Lipinski definition) is 0. The van der Waals surface area contributed by atoms with Crippen molar-refractivity contribution in [3.8, 4) is 0 Å². The van der Waals surface area contributed by atoms with Crippen LogP contribution in [0.4, 0.5) is 0 Å². The van der Waals surface area contributed by atoms with Crippen molar-refractivity contribution in [3.63, 3.8) is 0 Å². The molecule has 0 amide bonds. The van der Waals surface area contributed by atoms with E-state index >= 15 is 0 Å². The molecule has 1 atom stereocenters. The zero-order chi connectivity index (χ0) is 12.4. The lowest BCUT2D eigenvalue weighted by atomic mass is 10.0. The minimum absolute atomic E-state index is 0.00897. The maximum Gasteiger partial charge on any atom is 0.168 e. The first-order valence-electron chi connectivity index (χ1n) is 5.37. The van der Waals surface area contributed by atoms with Gasteiger partial charge in [0.05, 0.1) is 21.7 Å². The number of halogens is 3. The summed E-state index contributed by atoms with van der Waals surface area (Å²) in [7, 11) is 0. The highest BCUT2D eigenvalue weighted by atomic mass is 35.5. The van der Waals surface area contributed by atoms with Gasteiger partial charge in [-0.1, -0.05) is 34.8 Å². The van der Waals surface area contributed by atoms with E-state index in [0.717, 1.165) is 19.4 Å². The lowest BCUT2D eigenvalue weighted by Gasteiger charge is -2.10. The molecule has 1 aromatic rings. The van der Waals surface area contributed by atoms with E-state index in [-0.39, 0.29) is 11.9 Å². The number of carbonyl (C=O) groups excluding carboxylic acids is 1. The van der Waals surface area contributed by atoms with Crippen LogP contribution in [-0.4, -0.2) is 18.5 Å². The number of Topliss-reactive ketones (excluding diaryl/α,β-unsaturated/α-hetero) is 1. The molecule has 2 rings (SSSR count). The average Bonchev–Trinajstić information content (AvgIpc) is 2.68. The van der Waals surface area contributed by atoms with Crippen LogP contribution in [0.25, 0.3) is 0 Å². The van der Waals surface area contributed by atoms with Gasteiger partial charge in [-0.2, -0.15) is 0 Å². The molecule has 1 aliphatic rings. The molecule has 0 radical (unpaired) electrons. The largest absolute Gasteiger partial charge is 0.378 e. The number of ether oxygens (including phenoxy) is 1. The molecule has 0 saturated carbocycles. The summed E-state index contributed by atoms with van der Waals surface area (Å²) in [6.07, 6.45) is 2.22. The molecule has 17 heavy (non-hydrogen) atoms. The zero-order valence-corrected chi connectivity index (χ0v) is 11.3. The molecule has 5 heteroatoms. The summed E-state index contributed by atoms with van der Waals surface area (Å²) in [5, 5.41) is 1.02. The SMILES string of the molecule is O=C(CC1CCCO1)c1c(Cl)cc(Cl)cc1Cl. The molecule has 92 valence electrons. The van der Waals surface area contributed by atoms with Crippen molar-refractivity contribution < 1.29 is 9.53 Å². The van der Waals surface area contributed by atoms with Gasteiger partial charge >= 0.3 is 0 Å².